The topological polar surface area (TPSA) is 55.6 Å². The van der Waals surface area contributed by atoms with Gasteiger partial charge in [0.05, 0.1) is 6.10 Å². The van der Waals surface area contributed by atoms with E-state index < -0.39 is 6.04 Å². The second-order valence-corrected chi connectivity index (χ2v) is 3.89. The van der Waals surface area contributed by atoms with Crippen LogP contribution in [0.25, 0.3) is 0 Å². The Bertz CT molecular complexity index is 194. The van der Waals surface area contributed by atoms with Gasteiger partial charge in [0.15, 0.2) is 0 Å². The number of methoxy groups -OCH3 is 1. The first-order valence-corrected chi connectivity index (χ1v) is 6.54. The van der Waals surface area contributed by atoms with Crippen LogP contribution in [0.2, 0.25) is 0 Å². The Morgan fingerprint density at radius 2 is 1.71 bits per heavy atom. The van der Waals surface area contributed by atoms with Crippen molar-refractivity contribution in [3.05, 3.63) is 0 Å². The highest BCUT2D eigenvalue weighted by atomic mass is 16.5. The summed E-state index contributed by atoms with van der Waals surface area (Å²) in [4.78, 5) is 13.7. The van der Waals surface area contributed by atoms with E-state index in [2.05, 4.69) is 13.8 Å². The fourth-order valence-corrected chi connectivity index (χ4v) is 1.60. The fourth-order valence-electron chi connectivity index (χ4n) is 1.60. The predicted octanol–water partition coefficient (Wildman–Crippen LogP) is 2.02. The molecule has 2 unspecified atom stereocenters. The summed E-state index contributed by atoms with van der Waals surface area (Å²) >= 11 is 0. The predicted molar refractivity (Wildman–Crippen MR) is 72.9 cm³/mol. The molecular formula is C13H30N2O2. The molecule has 0 saturated carbocycles. The van der Waals surface area contributed by atoms with Gasteiger partial charge in [0.2, 0.25) is 5.91 Å². The molecule has 0 spiro atoms. The Morgan fingerprint density at radius 1 is 1.29 bits per heavy atom. The van der Waals surface area contributed by atoms with Gasteiger partial charge in [-0.15, -0.1) is 0 Å². The number of nitrogens with two attached hydrogens (primary N) is 1. The van der Waals surface area contributed by atoms with Crippen LogP contribution in [0.4, 0.5) is 0 Å². The summed E-state index contributed by atoms with van der Waals surface area (Å²) in [7, 11) is 3.37. The Balaban J connectivity index is 0. The second kappa shape index (κ2) is 10.5. The van der Waals surface area contributed by atoms with E-state index in [0.29, 0.717) is 0 Å². The molecular weight excluding hydrogens is 216 g/mol. The van der Waals surface area contributed by atoms with Gasteiger partial charge in [0.1, 0.15) is 6.04 Å². The molecule has 0 aromatic carbocycles. The highest BCUT2D eigenvalue weighted by Gasteiger charge is 2.26. The summed E-state index contributed by atoms with van der Waals surface area (Å²) in [6.45, 7) is 9.95. The van der Waals surface area contributed by atoms with Crippen molar-refractivity contribution in [2.75, 3.05) is 14.2 Å². The molecule has 0 aromatic heterocycles. The van der Waals surface area contributed by atoms with Crippen LogP contribution in [0.3, 0.4) is 0 Å². The van der Waals surface area contributed by atoms with E-state index in [4.69, 9.17) is 10.5 Å². The SMILES string of the molecule is CC.CCC(CC)N(C)C(=O)C(N)C(C)OC. The minimum Gasteiger partial charge on any atom is -0.380 e. The number of nitrogens with zero attached hydrogens (tertiary/aromatic N) is 1. The Kier molecular flexibility index (Phi) is 11.6. The van der Waals surface area contributed by atoms with Crippen LogP contribution in [0.15, 0.2) is 0 Å². The maximum absolute atomic E-state index is 11.9. The number of carbonyl (C=O) groups is 1. The zero-order valence-electron chi connectivity index (χ0n) is 12.5. The van der Waals surface area contributed by atoms with Crippen LogP contribution in [0, 0.1) is 0 Å². The molecule has 0 rings (SSSR count). The number of hydrogen-bond acceptors (Lipinski definition) is 3. The lowest BCUT2D eigenvalue weighted by Gasteiger charge is -2.30. The molecule has 0 aliphatic heterocycles. The molecule has 0 aromatic rings. The highest BCUT2D eigenvalue weighted by Crippen LogP contribution is 2.09. The molecule has 17 heavy (non-hydrogen) atoms. The molecule has 0 fully saturated rings. The minimum absolute atomic E-state index is 0.0435. The molecule has 0 aliphatic rings. The zero-order valence-corrected chi connectivity index (χ0v) is 12.5. The quantitative estimate of drug-likeness (QED) is 0.780. The van der Waals surface area contributed by atoms with Crippen molar-refractivity contribution in [3.63, 3.8) is 0 Å². The lowest BCUT2D eigenvalue weighted by atomic mass is 10.1. The molecule has 0 saturated heterocycles. The van der Waals surface area contributed by atoms with E-state index >= 15 is 0 Å². The number of ether oxygens (including phenoxy) is 1. The lowest BCUT2D eigenvalue weighted by molar-refractivity contribution is -0.136. The van der Waals surface area contributed by atoms with Crippen molar-refractivity contribution < 1.29 is 9.53 Å². The van der Waals surface area contributed by atoms with Gasteiger partial charge in [-0.25, -0.2) is 0 Å². The maximum Gasteiger partial charge on any atom is 0.242 e. The van der Waals surface area contributed by atoms with E-state index in [0.717, 1.165) is 12.8 Å². The van der Waals surface area contributed by atoms with Crippen molar-refractivity contribution in [2.24, 2.45) is 5.73 Å². The minimum atomic E-state index is -0.569. The molecule has 104 valence electrons. The lowest BCUT2D eigenvalue weighted by Crippen LogP contribution is -2.51. The summed E-state index contributed by atoms with van der Waals surface area (Å²) in [6.07, 6.45) is 1.66. The highest BCUT2D eigenvalue weighted by molar-refractivity contribution is 5.82. The first kappa shape index (κ1) is 18.7. The second-order valence-electron chi connectivity index (χ2n) is 3.89. The third kappa shape index (κ3) is 6.03. The van der Waals surface area contributed by atoms with Crippen molar-refractivity contribution in [3.8, 4) is 0 Å². The summed E-state index contributed by atoms with van der Waals surface area (Å²) in [5.74, 6) is -0.0435. The molecule has 0 aliphatic carbocycles. The van der Waals surface area contributed by atoms with Gasteiger partial charge in [-0.1, -0.05) is 27.7 Å². The molecule has 4 heteroatoms. The van der Waals surface area contributed by atoms with Crippen molar-refractivity contribution >= 4 is 5.91 Å². The third-order valence-corrected chi connectivity index (χ3v) is 3.00. The van der Waals surface area contributed by atoms with Crippen molar-refractivity contribution in [1.29, 1.82) is 0 Å². The molecule has 2 N–H and O–H groups in total. The zero-order chi connectivity index (χ0) is 14.0. The number of amides is 1. The maximum atomic E-state index is 11.9. The number of likely N-dealkylation sites (N-methyl/N-ethyl adjacent to an activating group) is 1. The molecule has 0 radical (unpaired) electrons. The van der Waals surface area contributed by atoms with Gasteiger partial charge in [0, 0.05) is 20.2 Å². The largest absolute Gasteiger partial charge is 0.380 e. The molecule has 0 bridgehead atoms. The van der Waals surface area contributed by atoms with Gasteiger partial charge in [0.25, 0.3) is 0 Å². The average Bonchev–Trinajstić information content (AvgIpc) is 2.39. The average molecular weight is 246 g/mol. The van der Waals surface area contributed by atoms with Gasteiger partial charge in [-0.3, -0.25) is 4.79 Å². The van der Waals surface area contributed by atoms with Gasteiger partial charge >= 0.3 is 0 Å². The Morgan fingerprint density at radius 3 is 2.00 bits per heavy atom. The monoisotopic (exact) mass is 246 g/mol. The molecule has 4 nitrogen and oxygen atoms in total. The summed E-state index contributed by atoms with van der Waals surface area (Å²) < 4.78 is 5.06. The summed E-state index contributed by atoms with van der Waals surface area (Å²) in [5.41, 5.74) is 5.80. The number of hydrogen-bond donors (Lipinski definition) is 1. The van der Waals surface area contributed by atoms with Crippen LogP contribution in [0.1, 0.15) is 47.5 Å². The Labute approximate surface area is 106 Å². The summed E-state index contributed by atoms with van der Waals surface area (Å²) in [6, 6.07) is -0.298. The fraction of sp³-hybridized carbons (Fsp3) is 0.923. The van der Waals surface area contributed by atoms with E-state index in [-0.39, 0.29) is 18.1 Å². The van der Waals surface area contributed by atoms with Crippen LogP contribution >= 0.6 is 0 Å². The van der Waals surface area contributed by atoms with E-state index in [9.17, 15) is 4.79 Å². The van der Waals surface area contributed by atoms with Crippen LogP contribution < -0.4 is 5.73 Å². The molecule has 2 atom stereocenters. The van der Waals surface area contributed by atoms with Crippen molar-refractivity contribution in [2.45, 2.75) is 65.6 Å². The Hall–Kier alpha value is -0.610. The van der Waals surface area contributed by atoms with Gasteiger partial charge in [-0.05, 0) is 19.8 Å². The van der Waals surface area contributed by atoms with Crippen LogP contribution in [-0.2, 0) is 9.53 Å². The van der Waals surface area contributed by atoms with Crippen molar-refractivity contribution in [1.82, 2.24) is 4.90 Å². The van der Waals surface area contributed by atoms with E-state index in [1.54, 1.807) is 12.0 Å². The number of rotatable bonds is 6. The third-order valence-electron chi connectivity index (χ3n) is 3.00. The van der Waals surface area contributed by atoms with Crippen LogP contribution in [0.5, 0.6) is 0 Å². The van der Waals surface area contributed by atoms with Gasteiger partial charge < -0.3 is 15.4 Å². The van der Waals surface area contributed by atoms with Crippen LogP contribution in [-0.4, -0.2) is 43.2 Å². The summed E-state index contributed by atoms with van der Waals surface area (Å²) in [5, 5.41) is 0. The first-order valence-electron chi connectivity index (χ1n) is 6.54. The smallest absolute Gasteiger partial charge is 0.242 e. The standard InChI is InChI=1S/C11H24N2O2.C2H6/c1-6-9(7-2)13(4)11(14)10(12)8(3)15-5;1-2/h8-10H,6-7,12H2,1-5H3;1-2H3. The molecule has 1 amide bonds. The van der Waals surface area contributed by atoms with Gasteiger partial charge in [-0.2, -0.15) is 0 Å². The van der Waals surface area contributed by atoms with E-state index in [1.165, 1.54) is 0 Å². The van der Waals surface area contributed by atoms with E-state index in [1.807, 2.05) is 27.8 Å². The molecule has 0 heterocycles. The first-order chi connectivity index (χ1) is 7.99. The normalized spacial score (nSPS) is 13.7. The number of carbonyl (C=O) groups excluding carboxylic acids is 1.